The van der Waals surface area contributed by atoms with E-state index in [2.05, 4.69) is 43.8 Å². The van der Waals surface area contributed by atoms with Crippen LogP contribution in [0.1, 0.15) is 16.8 Å². The van der Waals surface area contributed by atoms with Crippen LogP contribution < -0.4 is 11.1 Å². The van der Waals surface area contributed by atoms with E-state index in [9.17, 15) is 4.79 Å². The van der Waals surface area contributed by atoms with Gasteiger partial charge < -0.3 is 11.1 Å². The molecule has 5 heteroatoms. The molecule has 1 aliphatic rings. The summed E-state index contributed by atoms with van der Waals surface area (Å²) in [6.07, 6.45) is 0.885. The lowest BCUT2D eigenvalue weighted by Gasteiger charge is -2.06. The second-order valence-electron chi connectivity index (χ2n) is 3.60. The van der Waals surface area contributed by atoms with Gasteiger partial charge in [-0.1, -0.05) is 15.9 Å². The number of hydrogen-bond acceptors (Lipinski definition) is 2. The zero-order chi connectivity index (χ0) is 11.0. The maximum atomic E-state index is 11.8. The normalized spacial score (nSPS) is 23.7. The van der Waals surface area contributed by atoms with Gasteiger partial charge in [0.15, 0.2) is 0 Å². The van der Waals surface area contributed by atoms with Crippen molar-refractivity contribution in [3.8, 4) is 0 Å². The Morgan fingerprint density at radius 2 is 2.27 bits per heavy atom. The van der Waals surface area contributed by atoms with Crippen LogP contribution in [0.5, 0.6) is 0 Å². The molecule has 0 radical (unpaired) electrons. The SMILES string of the molecule is NC1CC1NC(=O)c1cc(Br)ccc1I. The Bertz CT molecular complexity index is 410. The van der Waals surface area contributed by atoms with Gasteiger partial charge >= 0.3 is 0 Å². The minimum atomic E-state index is -0.0429. The first-order valence-electron chi connectivity index (χ1n) is 4.59. The average Bonchev–Trinajstić information content (AvgIpc) is 2.86. The first-order valence-corrected chi connectivity index (χ1v) is 6.46. The molecule has 1 amide bonds. The van der Waals surface area contributed by atoms with Gasteiger partial charge in [0.05, 0.1) is 5.56 Å². The monoisotopic (exact) mass is 380 g/mol. The van der Waals surface area contributed by atoms with Crippen molar-refractivity contribution in [3.05, 3.63) is 31.8 Å². The summed E-state index contributed by atoms with van der Waals surface area (Å²) in [7, 11) is 0. The molecule has 15 heavy (non-hydrogen) atoms. The van der Waals surface area contributed by atoms with Crippen LogP contribution in [0.3, 0.4) is 0 Å². The Labute approximate surface area is 110 Å². The van der Waals surface area contributed by atoms with Crippen LogP contribution in [0.2, 0.25) is 0 Å². The van der Waals surface area contributed by atoms with E-state index in [1.165, 1.54) is 0 Å². The van der Waals surface area contributed by atoms with Gasteiger partial charge in [-0.2, -0.15) is 0 Å². The van der Waals surface area contributed by atoms with E-state index in [4.69, 9.17) is 5.73 Å². The summed E-state index contributed by atoms with van der Waals surface area (Å²) in [6, 6.07) is 5.95. The summed E-state index contributed by atoms with van der Waals surface area (Å²) in [4.78, 5) is 11.8. The number of carbonyl (C=O) groups excluding carboxylic acids is 1. The molecule has 0 bridgehead atoms. The molecule has 0 aromatic heterocycles. The highest BCUT2D eigenvalue weighted by molar-refractivity contribution is 14.1. The van der Waals surface area contributed by atoms with Crippen molar-refractivity contribution in [2.45, 2.75) is 18.5 Å². The van der Waals surface area contributed by atoms with Gasteiger partial charge in [-0.25, -0.2) is 0 Å². The maximum absolute atomic E-state index is 11.8. The summed E-state index contributed by atoms with van der Waals surface area (Å²) in [5, 5.41) is 2.90. The zero-order valence-corrected chi connectivity index (χ0v) is 11.6. The van der Waals surface area contributed by atoms with Gasteiger partial charge in [0.25, 0.3) is 5.91 Å². The second kappa shape index (κ2) is 4.39. The third-order valence-electron chi connectivity index (χ3n) is 2.33. The molecule has 1 saturated carbocycles. The van der Waals surface area contributed by atoms with Crippen LogP contribution in [0.25, 0.3) is 0 Å². The van der Waals surface area contributed by atoms with Gasteiger partial charge in [0.2, 0.25) is 0 Å². The van der Waals surface area contributed by atoms with Crippen molar-refractivity contribution in [2.24, 2.45) is 5.73 Å². The van der Waals surface area contributed by atoms with E-state index in [0.717, 1.165) is 14.5 Å². The summed E-state index contributed by atoms with van der Waals surface area (Å²) in [6.45, 7) is 0. The third-order valence-corrected chi connectivity index (χ3v) is 3.76. The summed E-state index contributed by atoms with van der Waals surface area (Å²) in [5.41, 5.74) is 6.33. The number of nitrogens with two attached hydrogens (primary N) is 1. The van der Waals surface area contributed by atoms with E-state index in [0.29, 0.717) is 5.56 Å². The van der Waals surface area contributed by atoms with Crippen molar-refractivity contribution >= 4 is 44.4 Å². The van der Waals surface area contributed by atoms with Crippen molar-refractivity contribution in [3.63, 3.8) is 0 Å². The Morgan fingerprint density at radius 1 is 1.60 bits per heavy atom. The number of nitrogens with one attached hydrogen (secondary N) is 1. The van der Waals surface area contributed by atoms with Crippen LogP contribution >= 0.6 is 38.5 Å². The van der Waals surface area contributed by atoms with Gasteiger partial charge in [0.1, 0.15) is 0 Å². The molecule has 1 fully saturated rings. The molecule has 0 saturated heterocycles. The Kier molecular flexibility index (Phi) is 3.32. The summed E-state index contributed by atoms with van der Waals surface area (Å²) >= 11 is 5.50. The number of halogens is 2. The van der Waals surface area contributed by atoms with Crippen LogP contribution in [-0.4, -0.2) is 18.0 Å². The molecule has 0 aliphatic heterocycles. The van der Waals surface area contributed by atoms with Crippen molar-refractivity contribution in [1.29, 1.82) is 0 Å². The second-order valence-corrected chi connectivity index (χ2v) is 5.68. The molecular weight excluding hydrogens is 371 g/mol. The fourth-order valence-corrected chi connectivity index (χ4v) is 2.24. The molecule has 0 heterocycles. The van der Waals surface area contributed by atoms with Gasteiger partial charge in [-0.05, 0) is 47.2 Å². The fourth-order valence-electron chi connectivity index (χ4n) is 1.30. The lowest BCUT2D eigenvalue weighted by Crippen LogP contribution is -2.30. The molecule has 0 spiro atoms. The van der Waals surface area contributed by atoms with Gasteiger partial charge in [-0.3, -0.25) is 4.79 Å². The lowest BCUT2D eigenvalue weighted by atomic mass is 10.2. The zero-order valence-electron chi connectivity index (χ0n) is 7.84. The molecule has 3 N–H and O–H groups in total. The van der Waals surface area contributed by atoms with E-state index in [1.807, 2.05) is 18.2 Å². The molecule has 2 rings (SSSR count). The van der Waals surface area contributed by atoms with Crippen molar-refractivity contribution in [2.75, 3.05) is 0 Å². The topological polar surface area (TPSA) is 55.1 Å². The molecule has 80 valence electrons. The Balaban J connectivity index is 2.14. The molecule has 2 atom stereocenters. The van der Waals surface area contributed by atoms with Crippen LogP contribution in [0.15, 0.2) is 22.7 Å². The van der Waals surface area contributed by atoms with Gasteiger partial charge in [-0.15, -0.1) is 0 Å². The lowest BCUT2D eigenvalue weighted by molar-refractivity contribution is 0.0949. The number of rotatable bonds is 2. The summed E-state index contributed by atoms with van der Waals surface area (Å²) < 4.78 is 1.86. The van der Waals surface area contributed by atoms with E-state index < -0.39 is 0 Å². The minimum absolute atomic E-state index is 0.0429. The number of hydrogen-bond donors (Lipinski definition) is 2. The number of benzene rings is 1. The highest BCUT2D eigenvalue weighted by Crippen LogP contribution is 2.21. The van der Waals surface area contributed by atoms with Crippen molar-refractivity contribution < 1.29 is 4.79 Å². The molecule has 3 nitrogen and oxygen atoms in total. The molecule has 1 aliphatic carbocycles. The molecule has 2 unspecified atom stereocenters. The van der Waals surface area contributed by atoms with Crippen LogP contribution in [0, 0.1) is 3.57 Å². The van der Waals surface area contributed by atoms with Gasteiger partial charge in [0, 0.05) is 20.1 Å². The molecular formula is C10H10BrIN2O. The van der Waals surface area contributed by atoms with Crippen molar-refractivity contribution in [1.82, 2.24) is 5.32 Å². The standard InChI is InChI=1S/C10H10BrIN2O/c11-5-1-2-7(12)6(3-5)10(15)14-9-4-8(9)13/h1-3,8-9H,4,13H2,(H,14,15). The first kappa shape index (κ1) is 11.3. The molecule has 1 aromatic rings. The highest BCUT2D eigenvalue weighted by atomic mass is 127. The van der Waals surface area contributed by atoms with E-state index in [-0.39, 0.29) is 18.0 Å². The Morgan fingerprint density at radius 3 is 2.87 bits per heavy atom. The van der Waals surface area contributed by atoms with E-state index >= 15 is 0 Å². The predicted molar refractivity (Wildman–Crippen MR) is 70.7 cm³/mol. The van der Waals surface area contributed by atoms with Crippen LogP contribution in [-0.2, 0) is 0 Å². The number of carbonyl (C=O) groups is 1. The predicted octanol–water partition coefficient (Wildman–Crippen LogP) is 1.88. The minimum Gasteiger partial charge on any atom is -0.348 e. The fraction of sp³-hybridized carbons (Fsp3) is 0.300. The largest absolute Gasteiger partial charge is 0.348 e. The highest BCUT2D eigenvalue weighted by Gasteiger charge is 2.35. The van der Waals surface area contributed by atoms with E-state index in [1.54, 1.807) is 0 Å². The van der Waals surface area contributed by atoms with Crippen LogP contribution in [0.4, 0.5) is 0 Å². The average molecular weight is 381 g/mol. The summed E-state index contributed by atoms with van der Waals surface area (Å²) in [5.74, 6) is -0.0429. The first-order chi connectivity index (χ1) is 7.08. The third kappa shape index (κ3) is 2.70. The molecule has 1 aromatic carbocycles. The quantitative estimate of drug-likeness (QED) is 0.770. The number of amides is 1. The Hall–Kier alpha value is -0.140. The smallest absolute Gasteiger partial charge is 0.252 e. The maximum Gasteiger partial charge on any atom is 0.252 e.